The van der Waals surface area contributed by atoms with Crippen molar-refractivity contribution in [3.63, 3.8) is 0 Å². The van der Waals surface area contributed by atoms with Gasteiger partial charge < -0.3 is 10.4 Å². The predicted octanol–water partition coefficient (Wildman–Crippen LogP) is 4.06. The van der Waals surface area contributed by atoms with Gasteiger partial charge in [0.05, 0.1) is 16.9 Å². The van der Waals surface area contributed by atoms with E-state index in [1.165, 1.54) is 24.3 Å². The van der Waals surface area contributed by atoms with Gasteiger partial charge in [-0.15, -0.1) is 0 Å². The van der Waals surface area contributed by atoms with E-state index in [-0.39, 0.29) is 22.0 Å². The monoisotopic (exact) mass is 283 g/mol. The molecule has 2 rings (SSSR count). The highest BCUT2D eigenvalue weighted by atomic mass is 35.5. The van der Waals surface area contributed by atoms with Gasteiger partial charge in [-0.3, -0.25) is 0 Å². The third-order valence-electron chi connectivity index (χ3n) is 2.43. The molecule has 0 saturated carbocycles. The van der Waals surface area contributed by atoms with Crippen molar-refractivity contribution in [3.8, 4) is 0 Å². The fraction of sp³-hybridized carbons (Fsp3) is 0. The van der Waals surface area contributed by atoms with Crippen molar-refractivity contribution in [1.82, 2.24) is 0 Å². The second-order valence-corrected chi connectivity index (χ2v) is 4.15. The Morgan fingerprint density at radius 1 is 1.16 bits per heavy atom. The summed E-state index contributed by atoms with van der Waals surface area (Å²) in [4.78, 5) is 11.0. The molecule has 0 saturated heterocycles. The zero-order valence-electron chi connectivity index (χ0n) is 9.45. The van der Waals surface area contributed by atoms with Crippen LogP contribution in [-0.2, 0) is 0 Å². The third kappa shape index (κ3) is 2.82. The van der Waals surface area contributed by atoms with Crippen LogP contribution in [0.2, 0.25) is 5.02 Å². The molecule has 2 aromatic carbocycles. The van der Waals surface area contributed by atoms with Crippen LogP contribution in [0, 0.1) is 11.6 Å². The van der Waals surface area contributed by atoms with Crippen LogP contribution in [0.5, 0.6) is 0 Å². The number of anilines is 2. The van der Waals surface area contributed by atoms with Gasteiger partial charge in [0.2, 0.25) is 0 Å². The minimum atomic E-state index is -1.32. The number of para-hydroxylation sites is 1. The van der Waals surface area contributed by atoms with Crippen LogP contribution in [0.25, 0.3) is 0 Å². The Labute approximate surface area is 112 Å². The molecule has 0 aliphatic carbocycles. The summed E-state index contributed by atoms with van der Waals surface area (Å²) in [5.74, 6) is -2.77. The summed E-state index contributed by atoms with van der Waals surface area (Å²) in [5.41, 5.74) is -0.698. The average Bonchev–Trinajstić information content (AvgIpc) is 2.35. The van der Waals surface area contributed by atoms with E-state index >= 15 is 0 Å². The molecule has 0 radical (unpaired) electrons. The van der Waals surface area contributed by atoms with Crippen LogP contribution in [0.1, 0.15) is 10.4 Å². The van der Waals surface area contributed by atoms with Crippen LogP contribution >= 0.6 is 11.6 Å². The van der Waals surface area contributed by atoms with Crippen LogP contribution in [0.15, 0.2) is 36.4 Å². The number of benzene rings is 2. The molecule has 0 fully saturated rings. The van der Waals surface area contributed by atoms with Gasteiger partial charge in [0, 0.05) is 5.02 Å². The zero-order chi connectivity index (χ0) is 14.0. The van der Waals surface area contributed by atoms with Gasteiger partial charge in [-0.05, 0) is 30.3 Å². The molecule has 98 valence electrons. The molecular formula is C13H8ClF2NO2. The fourth-order valence-corrected chi connectivity index (χ4v) is 1.73. The van der Waals surface area contributed by atoms with E-state index in [1.54, 1.807) is 0 Å². The summed E-state index contributed by atoms with van der Waals surface area (Å²) in [6.45, 7) is 0. The molecule has 0 spiro atoms. The lowest BCUT2D eigenvalue weighted by atomic mass is 10.1. The van der Waals surface area contributed by atoms with Crippen molar-refractivity contribution in [2.45, 2.75) is 0 Å². The summed E-state index contributed by atoms with van der Waals surface area (Å²) >= 11 is 5.71. The first kappa shape index (κ1) is 13.3. The van der Waals surface area contributed by atoms with E-state index in [0.29, 0.717) is 0 Å². The SMILES string of the molecule is O=C(O)c1cccc(F)c1Nc1cc(Cl)ccc1F. The molecule has 0 aliphatic rings. The average molecular weight is 284 g/mol. The third-order valence-corrected chi connectivity index (χ3v) is 2.67. The molecule has 0 aromatic heterocycles. The molecule has 0 bridgehead atoms. The van der Waals surface area contributed by atoms with Gasteiger partial charge in [0.1, 0.15) is 11.6 Å². The summed E-state index contributed by atoms with van der Waals surface area (Å²) in [5, 5.41) is 11.6. The van der Waals surface area contributed by atoms with E-state index in [9.17, 15) is 13.6 Å². The smallest absolute Gasteiger partial charge is 0.337 e. The Morgan fingerprint density at radius 2 is 1.89 bits per heavy atom. The Morgan fingerprint density at radius 3 is 2.58 bits per heavy atom. The van der Waals surface area contributed by atoms with E-state index in [2.05, 4.69) is 5.32 Å². The maximum Gasteiger partial charge on any atom is 0.337 e. The Balaban J connectivity index is 2.49. The quantitative estimate of drug-likeness (QED) is 0.893. The van der Waals surface area contributed by atoms with Crippen LogP contribution in [0.3, 0.4) is 0 Å². The lowest BCUT2D eigenvalue weighted by Crippen LogP contribution is -2.05. The van der Waals surface area contributed by atoms with Gasteiger partial charge in [-0.1, -0.05) is 17.7 Å². The number of hydrogen-bond acceptors (Lipinski definition) is 2. The van der Waals surface area contributed by atoms with Crippen LogP contribution < -0.4 is 5.32 Å². The fourth-order valence-electron chi connectivity index (χ4n) is 1.56. The number of aromatic carboxylic acids is 1. The van der Waals surface area contributed by atoms with Gasteiger partial charge in [-0.25, -0.2) is 13.6 Å². The van der Waals surface area contributed by atoms with Crippen LogP contribution in [0.4, 0.5) is 20.2 Å². The van der Waals surface area contributed by atoms with Gasteiger partial charge in [0.15, 0.2) is 0 Å². The number of hydrogen-bond donors (Lipinski definition) is 2. The first-order valence-electron chi connectivity index (χ1n) is 5.23. The largest absolute Gasteiger partial charge is 0.478 e. The second kappa shape index (κ2) is 5.24. The molecule has 0 atom stereocenters. The molecule has 0 heterocycles. The Hall–Kier alpha value is -2.14. The molecule has 2 aromatic rings. The summed E-state index contributed by atoms with van der Waals surface area (Å²) in [6.07, 6.45) is 0. The summed E-state index contributed by atoms with van der Waals surface area (Å²) < 4.78 is 27.2. The Bertz CT molecular complexity index is 647. The minimum absolute atomic E-state index is 0.0971. The highest BCUT2D eigenvalue weighted by Crippen LogP contribution is 2.27. The highest BCUT2D eigenvalue weighted by Gasteiger charge is 2.15. The van der Waals surface area contributed by atoms with Crippen molar-refractivity contribution < 1.29 is 18.7 Å². The molecule has 0 aliphatic heterocycles. The first-order valence-corrected chi connectivity index (χ1v) is 5.60. The molecule has 2 N–H and O–H groups in total. The lowest BCUT2D eigenvalue weighted by Gasteiger charge is -2.11. The molecule has 0 unspecified atom stereocenters. The standard InChI is InChI=1S/C13H8ClF2NO2/c14-7-4-5-9(15)11(6-7)17-12-8(13(18)19)2-1-3-10(12)16/h1-6,17H,(H,18,19). The highest BCUT2D eigenvalue weighted by molar-refractivity contribution is 6.30. The topological polar surface area (TPSA) is 49.3 Å². The van der Waals surface area contributed by atoms with Crippen molar-refractivity contribution in [3.05, 3.63) is 58.6 Å². The second-order valence-electron chi connectivity index (χ2n) is 3.72. The Kier molecular flexibility index (Phi) is 3.66. The number of nitrogens with one attached hydrogen (secondary N) is 1. The summed E-state index contributed by atoms with van der Waals surface area (Å²) in [6, 6.07) is 7.24. The van der Waals surface area contributed by atoms with E-state index in [4.69, 9.17) is 16.7 Å². The maximum atomic E-state index is 13.6. The van der Waals surface area contributed by atoms with Gasteiger partial charge >= 0.3 is 5.97 Å². The van der Waals surface area contributed by atoms with Crippen molar-refractivity contribution in [2.75, 3.05) is 5.32 Å². The van der Waals surface area contributed by atoms with Crippen molar-refractivity contribution in [2.24, 2.45) is 0 Å². The number of rotatable bonds is 3. The van der Waals surface area contributed by atoms with Gasteiger partial charge in [-0.2, -0.15) is 0 Å². The molecule has 19 heavy (non-hydrogen) atoms. The van der Waals surface area contributed by atoms with E-state index in [0.717, 1.165) is 12.1 Å². The molecule has 6 heteroatoms. The minimum Gasteiger partial charge on any atom is -0.478 e. The zero-order valence-corrected chi connectivity index (χ0v) is 10.2. The predicted molar refractivity (Wildman–Crippen MR) is 68.1 cm³/mol. The van der Waals surface area contributed by atoms with Crippen molar-refractivity contribution >= 4 is 28.9 Å². The van der Waals surface area contributed by atoms with E-state index in [1.807, 2.05) is 0 Å². The number of halogens is 3. The number of carboxylic acids is 1. The number of carboxylic acid groups (broad SMARTS) is 1. The molecule has 0 amide bonds. The van der Waals surface area contributed by atoms with E-state index < -0.39 is 17.6 Å². The van der Waals surface area contributed by atoms with Crippen LogP contribution in [-0.4, -0.2) is 11.1 Å². The number of carbonyl (C=O) groups is 1. The first-order chi connectivity index (χ1) is 8.99. The summed E-state index contributed by atoms with van der Waals surface area (Å²) in [7, 11) is 0. The molecular weight excluding hydrogens is 276 g/mol. The van der Waals surface area contributed by atoms with Crippen molar-refractivity contribution in [1.29, 1.82) is 0 Å². The normalized spacial score (nSPS) is 10.3. The lowest BCUT2D eigenvalue weighted by molar-refractivity contribution is 0.0697. The van der Waals surface area contributed by atoms with Gasteiger partial charge in [0.25, 0.3) is 0 Å². The maximum absolute atomic E-state index is 13.6. The molecule has 3 nitrogen and oxygen atoms in total.